The fourth-order valence-electron chi connectivity index (χ4n) is 3.68. The number of carboxylic acid groups (broad SMARTS) is 1. The smallest absolute Gasteiger partial charge is 0.337 e. The molecule has 35 heavy (non-hydrogen) atoms. The molecular formula is C29H33NO5. The van der Waals surface area contributed by atoms with Crippen LogP contribution in [0.4, 0.5) is 0 Å². The number of carbonyl (C=O) groups is 2. The van der Waals surface area contributed by atoms with Crippen LogP contribution in [-0.4, -0.2) is 24.1 Å². The zero-order valence-corrected chi connectivity index (χ0v) is 20.9. The predicted molar refractivity (Wildman–Crippen MR) is 137 cm³/mol. The molecule has 2 aromatic carbocycles. The van der Waals surface area contributed by atoms with Gasteiger partial charge in [-0.2, -0.15) is 0 Å². The van der Waals surface area contributed by atoms with Gasteiger partial charge in [-0.15, -0.1) is 0 Å². The molecule has 0 bridgehead atoms. The Balaban J connectivity index is 1.63. The Morgan fingerprint density at radius 2 is 1.83 bits per heavy atom. The highest BCUT2D eigenvalue weighted by atomic mass is 16.5. The van der Waals surface area contributed by atoms with E-state index in [0.29, 0.717) is 30.2 Å². The second kappa shape index (κ2) is 11.1. The Morgan fingerprint density at radius 3 is 2.46 bits per heavy atom. The molecule has 0 aliphatic heterocycles. The molecule has 0 saturated carbocycles. The number of hydrogen-bond donors (Lipinski definition) is 2. The molecule has 2 aromatic rings. The normalized spacial score (nSPS) is 15.9. The van der Waals surface area contributed by atoms with E-state index in [2.05, 4.69) is 50.4 Å². The van der Waals surface area contributed by atoms with E-state index in [1.54, 1.807) is 37.5 Å². The summed E-state index contributed by atoms with van der Waals surface area (Å²) < 4.78 is 11.4. The zero-order valence-electron chi connectivity index (χ0n) is 20.9. The van der Waals surface area contributed by atoms with E-state index >= 15 is 0 Å². The summed E-state index contributed by atoms with van der Waals surface area (Å²) in [7, 11) is 1.57. The maximum Gasteiger partial charge on any atom is 0.337 e. The highest BCUT2D eigenvalue weighted by molar-refractivity contribution is 5.98. The van der Waals surface area contributed by atoms with E-state index in [4.69, 9.17) is 9.47 Å². The molecule has 184 valence electrons. The number of carbonyl (C=O) groups excluding carboxylic acids is 1. The lowest BCUT2D eigenvalue weighted by Gasteiger charge is -2.19. The SMILES string of the molecule is COc1cc(/C=C/C(=O)NC2=CCC(C)C=C2C(=O)O)ccc1OCc1ccc(C(C)(C)C)cc1. The number of rotatable bonds is 8. The first-order valence-electron chi connectivity index (χ1n) is 11.6. The Morgan fingerprint density at radius 1 is 1.11 bits per heavy atom. The van der Waals surface area contributed by atoms with Crippen molar-refractivity contribution in [3.63, 3.8) is 0 Å². The van der Waals surface area contributed by atoms with Gasteiger partial charge in [0, 0.05) is 6.08 Å². The predicted octanol–water partition coefficient (Wildman–Crippen LogP) is 5.64. The van der Waals surface area contributed by atoms with E-state index in [0.717, 1.165) is 11.1 Å². The van der Waals surface area contributed by atoms with Crippen LogP contribution in [0, 0.1) is 5.92 Å². The van der Waals surface area contributed by atoms with Crippen LogP contribution in [0.15, 0.2) is 72.0 Å². The summed E-state index contributed by atoms with van der Waals surface area (Å²) in [4.78, 5) is 23.9. The summed E-state index contributed by atoms with van der Waals surface area (Å²) in [5.41, 5.74) is 3.61. The molecule has 1 amide bonds. The van der Waals surface area contributed by atoms with Gasteiger partial charge >= 0.3 is 5.97 Å². The number of nitrogens with one attached hydrogen (secondary N) is 1. The maximum atomic E-state index is 12.4. The lowest BCUT2D eigenvalue weighted by atomic mass is 9.87. The number of amides is 1. The van der Waals surface area contributed by atoms with Gasteiger partial charge in [-0.1, -0.05) is 70.2 Å². The minimum absolute atomic E-state index is 0.101. The van der Waals surface area contributed by atoms with Crippen LogP contribution in [0.2, 0.25) is 0 Å². The first kappa shape index (κ1) is 25.8. The summed E-state index contributed by atoms with van der Waals surface area (Å²) in [6, 6.07) is 13.8. The van der Waals surface area contributed by atoms with Crippen LogP contribution in [0.3, 0.4) is 0 Å². The number of benzene rings is 2. The lowest BCUT2D eigenvalue weighted by molar-refractivity contribution is -0.132. The van der Waals surface area contributed by atoms with Crippen molar-refractivity contribution in [3.05, 3.63) is 88.7 Å². The molecule has 1 aliphatic carbocycles. The zero-order chi connectivity index (χ0) is 25.6. The molecule has 6 heteroatoms. The molecule has 0 spiro atoms. The Bertz CT molecular complexity index is 1170. The molecule has 6 nitrogen and oxygen atoms in total. The first-order valence-corrected chi connectivity index (χ1v) is 11.6. The molecule has 1 unspecified atom stereocenters. The van der Waals surface area contributed by atoms with Gasteiger partial charge in [-0.05, 0) is 52.7 Å². The highest BCUT2D eigenvalue weighted by Crippen LogP contribution is 2.30. The molecule has 1 aliphatic rings. The second-order valence-electron chi connectivity index (χ2n) is 9.68. The third-order valence-corrected chi connectivity index (χ3v) is 5.75. The van der Waals surface area contributed by atoms with E-state index in [1.165, 1.54) is 11.6 Å². The van der Waals surface area contributed by atoms with Gasteiger partial charge in [0.25, 0.3) is 0 Å². The summed E-state index contributed by atoms with van der Waals surface area (Å²) in [5, 5.41) is 12.1. The highest BCUT2D eigenvalue weighted by Gasteiger charge is 2.20. The summed E-state index contributed by atoms with van der Waals surface area (Å²) in [6.45, 7) is 8.88. The second-order valence-corrected chi connectivity index (χ2v) is 9.68. The monoisotopic (exact) mass is 475 g/mol. The van der Waals surface area contributed by atoms with E-state index < -0.39 is 11.9 Å². The van der Waals surface area contributed by atoms with Crippen LogP contribution in [0.5, 0.6) is 11.5 Å². The van der Waals surface area contributed by atoms with Crippen LogP contribution < -0.4 is 14.8 Å². The summed E-state index contributed by atoms with van der Waals surface area (Å²) >= 11 is 0. The van der Waals surface area contributed by atoms with Gasteiger partial charge in [0.2, 0.25) is 5.91 Å². The van der Waals surface area contributed by atoms with Gasteiger partial charge in [-0.3, -0.25) is 4.79 Å². The average molecular weight is 476 g/mol. The first-order chi connectivity index (χ1) is 16.6. The Hall–Kier alpha value is -3.80. The van der Waals surface area contributed by atoms with Crippen molar-refractivity contribution in [2.45, 2.75) is 46.1 Å². The van der Waals surface area contributed by atoms with Crippen molar-refractivity contribution in [2.24, 2.45) is 5.92 Å². The molecule has 1 atom stereocenters. The number of aliphatic carboxylic acids is 1. The standard InChI is InChI=1S/C29H33NO5/c1-19-6-13-24(23(16-19)28(32)33)30-27(31)15-10-20-9-14-25(26(17-20)34-5)35-18-21-7-11-22(12-8-21)29(2,3)4/h7-17,19H,6,18H2,1-5H3,(H,30,31)(H,32,33)/b15-10+. The molecule has 2 N–H and O–H groups in total. The minimum Gasteiger partial charge on any atom is -0.493 e. The third kappa shape index (κ3) is 7.09. The quantitative estimate of drug-likeness (QED) is 0.483. The third-order valence-electron chi connectivity index (χ3n) is 5.75. The topological polar surface area (TPSA) is 84.9 Å². The van der Waals surface area contributed by atoms with Crippen molar-refractivity contribution in [3.8, 4) is 11.5 Å². The van der Waals surface area contributed by atoms with Crippen LogP contribution in [0.1, 0.15) is 50.8 Å². The van der Waals surface area contributed by atoms with Gasteiger partial charge in [0.1, 0.15) is 6.61 Å². The van der Waals surface area contributed by atoms with Gasteiger partial charge in [0.05, 0.1) is 18.4 Å². The Labute approximate surface area is 207 Å². The van der Waals surface area contributed by atoms with Crippen LogP contribution in [0.25, 0.3) is 6.08 Å². The fraction of sp³-hybridized carbons (Fsp3) is 0.310. The molecular weight excluding hydrogens is 442 g/mol. The van der Waals surface area contributed by atoms with Crippen molar-refractivity contribution in [1.29, 1.82) is 0 Å². The largest absolute Gasteiger partial charge is 0.493 e. The molecule has 0 aromatic heterocycles. The molecule has 0 radical (unpaired) electrons. The summed E-state index contributed by atoms with van der Waals surface area (Å²) in [5.74, 6) is -0.187. The van der Waals surface area contributed by atoms with Crippen molar-refractivity contribution >= 4 is 18.0 Å². The van der Waals surface area contributed by atoms with Crippen molar-refractivity contribution in [1.82, 2.24) is 5.32 Å². The van der Waals surface area contributed by atoms with Crippen LogP contribution in [-0.2, 0) is 21.6 Å². The lowest BCUT2D eigenvalue weighted by Crippen LogP contribution is -2.26. The van der Waals surface area contributed by atoms with Gasteiger partial charge < -0.3 is 19.9 Å². The van der Waals surface area contributed by atoms with Gasteiger partial charge in [0.15, 0.2) is 11.5 Å². The van der Waals surface area contributed by atoms with E-state index in [9.17, 15) is 14.7 Å². The van der Waals surface area contributed by atoms with Crippen LogP contribution >= 0.6 is 0 Å². The number of ether oxygens (including phenoxy) is 2. The van der Waals surface area contributed by atoms with Crippen molar-refractivity contribution in [2.75, 3.05) is 7.11 Å². The molecule has 0 fully saturated rings. The summed E-state index contributed by atoms with van der Waals surface area (Å²) in [6.07, 6.45) is 7.08. The van der Waals surface area contributed by atoms with Gasteiger partial charge in [-0.25, -0.2) is 4.79 Å². The number of methoxy groups -OCH3 is 1. The maximum absolute atomic E-state index is 12.4. The van der Waals surface area contributed by atoms with Crippen molar-refractivity contribution < 1.29 is 24.2 Å². The van der Waals surface area contributed by atoms with E-state index in [-0.39, 0.29) is 16.9 Å². The molecule has 0 heterocycles. The van der Waals surface area contributed by atoms with E-state index in [1.807, 2.05) is 13.0 Å². The number of hydrogen-bond acceptors (Lipinski definition) is 4. The fourth-order valence-corrected chi connectivity index (χ4v) is 3.68. The molecule has 0 saturated heterocycles. The number of allylic oxidation sites excluding steroid dienone is 2. The minimum atomic E-state index is -1.06. The molecule has 3 rings (SSSR count). The number of carboxylic acids is 1. The Kier molecular flexibility index (Phi) is 8.18. The average Bonchev–Trinajstić information content (AvgIpc) is 2.82.